The van der Waals surface area contributed by atoms with Gasteiger partial charge in [0.2, 0.25) is 5.75 Å². The van der Waals surface area contributed by atoms with Gasteiger partial charge in [-0.05, 0) is 59.3 Å². The lowest BCUT2D eigenvalue weighted by molar-refractivity contribution is -0.394. The highest BCUT2D eigenvalue weighted by molar-refractivity contribution is 9.10. The summed E-state index contributed by atoms with van der Waals surface area (Å²) in [5, 5.41) is 21.8. The van der Waals surface area contributed by atoms with E-state index in [1.54, 1.807) is 18.2 Å². The van der Waals surface area contributed by atoms with Gasteiger partial charge in [-0.1, -0.05) is 40.2 Å². The van der Waals surface area contributed by atoms with Crippen LogP contribution in [0, 0.1) is 20.2 Å². The summed E-state index contributed by atoms with van der Waals surface area (Å²) >= 11 is 4.21. The van der Waals surface area contributed by atoms with Gasteiger partial charge in [-0.3, -0.25) is 34.7 Å². The van der Waals surface area contributed by atoms with E-state index in [4.69, 9.17) is 4.74 Å². The van der Waals surface area contributed by atoms with Gasteiger partial charge < -0.3 is 4.74 Å². The molecular weight excluding hydrogens is 542 g/mol. The van der Waals surface area contributed by atoms with Gasteiger partial charge in [0.05, 0.1) is 27.4 Å². The van der Waals surface area contributed by atoms with Crippen LogP contribution < -0.4 is 4.74 Å². The normalized spacial score (nSPS) is 14.4. The number of amides is 2. The largest absolute Gasteiger partial charge is 0.450 e. The number of imide groups is 1. The number of hydrogen-bond acceptors (Lipinski definition) is 8. The molecule has 0 aromatic heterocycles. The average Bonchev–Trinajstić information content (AvgIpc) is 3.07. The molecule has 2 amide bonds. The van der Waals surface area contributed by atoms with Crippen molar-refractivity contribution in [2.24, 2.45) is 0 Å². The van der Waals surface area contributed by atoms with Gasteiger partial charge in [-0.15, -0.1) is 0 Å². The average molecular weight is 556 g/mol. The molecule has 1 heterocycles. The first kappa shape index (κ1) is 24.1. The maximum absolute atomic E-state index is 12.8. The van der Waals surface area contributed by atoms with Crippen LogP contribution in [-0.2, 0) is 11.3 Å². The van der Waals surface area contributed by atoms with Crippen molar-refractivity contribution in [1.82, 2.24) is 4.90 Å². The Labute approximate surface area is 210 Å². The molecule has 0 radical (unpaired) electrons. The predicted molar refractivity (Wildman–Crippen MR) is 132 cm³/mol. The van der Waals surface area contributed by atoms with Crippen LogP contribution in [0.25, 0.3) is 6.08 Å². The molecule has 4 rings (SSSR count). The fourth-order valence-electron chi connectivity index (χ4n) is 3.21. The summed E-state index contributed by atoms with van der Waals surface area (Å²) in [4.78, 5) is 47.2. The number of carbonyl (C=O) groups is 2. The molecule has 3 aromatic carbocycles. The molecule has 1 saturated heterocycles. The lowest BCUT2D eigenvalue weighted by Gasteiger charge is -2.12. The molecular formula is C23H14BrN3O7S. The SMILES string of the molecule is O=C1S/C(=C/c2ccc(Oc3ccc([N+](=O)[O-])cc3[N+](=O)[O-])cc2)C(=O)N1Cc1cccc(Br)c1. The molecule has 0 unspecified atom stereocenters. The fraction of sp³-hybridized carbons (Fsp3) is 0.0435. The van der Waals surface area contributed by atoms with Gasteiger partial charge >= 0.3 is 5.69 Å². The number of nitrogens with zero attached hydrogens (tertiary/aromatic N) is 3. The van der Waals surface area contributed by atoms with Crippen molar-refractivity contribution in [1.29, 1.82) is 0 Å². The number of halogens is 1. The summed E-state index contributed by atoms with van der Waals surface area (Å²) in [6.07, 6.45) is 1.57. The molecule has 0 bridgehead atoms. The molecule has 3 aromatic rings. The van der Waals surface area contributed by atoms with Crippen LogP contribution in [-0.4, -0.2) is 25.9 Å². The van der Waals surface area contributed by atoms with E-state index in [9.17, 15) is 29.8 Å². The Balaban J connectivity index is 1.49. The summed E-state index contributed by atoms with van der Waals surface area (Å²) in [6, 6.07) is 16.7. The molecule has 10 nitrogen and oxygen atoms in total. The molecule has 1 fully saturated rings. The highest BCUT2D eigenvalue weighted by atomic mass is 79.9. The first-order valence-corrected chi connectivity index (χ1v) is 11.5. The summed E-state index contributed by atoms with van der Waals surface area (Å²) in [5.41, 5.74) is 0.462. The van der Waals surface area contributed by atoms with E-state index >= 15 is 0 Å². The third-order valence-corrected chi connectivity index (χ3v) is 6.26. The van der Waals surface area contributed by atoms with Crippen molar-refractivity contribution in [2.45, 2.75) is 6.54 Å². The van der Waals surface area contributed by atoms with Crippen LogP contribution in [0.1, 0.15) is 11.1 Å². The van der Waals surface area contributed by atoms with Crippen LogP contribution in [0.3, 0.4) is 0 Å². The molecule has 1 aliphatic rings. The molecule has 0 aliphatic carbocycles. The Morgan fingerprint density at radius 3 is 2.37 bits per heavy atom. The summed E-state index contributed by atoms with van der Waals surface area (Å²) in [5.74, 6) is -0.300. The Bertz CT molecular complexity index is 1390. The number of nitro benzene ring substituents is 2. The van der Waals surface area contributed by atoms with Crippen molar-refractivity contribution in [3.8, 4) is 11.5 Å². The van der Waals surface area contributed by atoms with Gasteiger partial charge in [0.15, 0.2) is 0 Å². The Kier molecular flexibility index (Phi) is 6.94. The van der Waals surface area contributed by atoms with E-state index in [1.165, 1.54) is 17.0 Å². The summed E-state index contributed by atoms with van der Waals surface area (Å²) < 4.78 is 6.38. The summed E-state index contributed by atoms with van der Waals surface area (Å²) in [7, 11) is 0. The quantitative estimate of drug-likeness (QED) is 0.188. The molecule has 0 N–H and O–H groups in total. The predicted octanol–water partition coefficient (Wildman–Crippen LogP) is 6.29. The zero-order valence-corrected chi connectivity index (χ0v) is 20.0. The molecule has 176 valence electrons. The molecule has 35 heavy (non-hydrogen) atoms. The van der Waals surface area contributed by atoms with Crippen molar-refractivity contribution in [2.75, 3.05) is 0 Å². The number of hydrogen-bond donors (Lipinski definition) is 0. The highest BCUT2D eigenvalue weighted by Crippen LogP contribution is 2.36. The number of thioether (sulfide) groups is 1. The van der Waals surface area contributed by atoms with Crippen LogP contribution in [0.5, 0.6) is 11.5 Å². The van der Waals surface area contributed by atoms with Gasteiger partial charge in [0, 0.05) is 10.5 Å². The second-order valence-electron chi connectivity index (χ2n) is 7.24. The molecule has 0 spiro atoms. The molecule has 12 heteroatoms. The lowest BCUT2D eigenvalue weighted by atomic mass is 10.2. The van der Waals surface area contributed by atoms with Crippen molar-refractivity contribution < 1.29 is 24.2 Å². The second-order valence-corrected chi connectivity index (χ2v) is 9.14. The van der Waals surface area contributed by atoms with Gasteiger partial charge in [0.25, 0.3) is 16.8 Å². The standard InChI is InChI=1S/C23H14BrN3O7S/c24-16-3-1-2-15(10-16)13-25-22(28)21(35-23(25)29)11-14-4-7-18(8-5-14)34-20-9-6-17(26(30)31)12-19(20)27(32)33/h1-12H,13H2/b21-11+. The number of ether oxygens (including phenoxy) is 1. The van der Waals surface area contributed by atoms with E-state index in [0.29, 0.717) is 5.56 Å². The van der Waals surface area contributed by atoms with Crippen LogP contribution in [0.4, 0.5) is 16.2 Å². The molecule has 1 aliphatic heterocycles. The fourth-order valence-corrected chi connectivity index (χ4v) is 4.50. The number of rotatable bonds is 7. The van der Waals surface area contributed by atoms with Crippen LogP contribution in [0.2, 0.25) is 0 Å². The smallest absolute Gasteiger partial charge is 0.318 e. The van der Waals surface area contributed by atoms with Crippen LogP contribution >= 0.6 is 27.7 Å². The van der Waals surface area contributed by atoms with Gasteiger partial charge in [0.1, 0.15) is 5.75 Å². The topological polar surface area (TPSA) is 133 Å². The maximum atomic E-state index is 12.8. The van der Waals surface area contributed by atoms with Crippen molar-refractivity contribution >= 4 is 56.3 Å². The van der Waals surface area contributed by atoms with Gasteiger partial charge in [-0.25, -0.2) is 0 Å². The second kappa shape index (κ2) is 10.1. The van der Waals surface area contributed by atoms with E-state index in [1.807, 2.05) is 24.3 Å². The third kappa shape index (κ3) is 5.55. The van der Waals surface area contributed by atoms with E-state index in [-0.39, 0.29) is 28.2 Å². The minimum absolute atomic E-state index is 0.151. The minimum atomic E-state index is -0.763. The van der Waals surface area contributed by atoms with E-state index in [0.717, 1.165) is 40.0 Å². The van der Waals surface area contributed by atoms with Crippen LogP contribution in [0.15, 0.2) is 76.1 Å². The lowest BCUT2D eigenvalue weighted by Crippen LogP contribution is -2.27. The maximum Gasteiger partial charge on any atom is 0.318 e. The third-order valence-electron chi connectivity index (χ3n) is 4.86. The zero-order valence-electron chi connectivity index (χ0n) is 17.6. The van der Waals surface area contributed by atoms with E-state index < -0.39 is 27.1 Å². The monoisotopic (exact) mass is 555 g/mol. The molecule has 0 saturated carbocycles. The Morgan fingerprint density at radius 1 is 0.971 bits per heavy atom. The zero-order chi connectivity index (χ0) is 25.1. The number of non-ortho nitro benzene ring substituents is 1. The van der Waals surface area contributed by atoms with E-state index in [2.05, 4.69) is 15.9 Å². The first-order valence-electron chi connectivity index (χ1n) is 9.92. The number of carbonyl (C=O) groups excluding carboxylic acids is 2. The summed E-state index contributed by atoms with van der Waals surface area (Å²) in [6.45, 7) is 0.155. The first-order chi connectivity index (χ1) is 16.7. The Hall–Kier alpha value is -4.03. The van der Waals surface area contributed by atoms with Crippen molar-refractivity contribution in [3.05, 3.63) is 107 Å². The Morgan fingerprint density at radius 2 is 1.71 bits per heavy atom. The van der Waals surface area contributed by atoms with Crippen molar-refractivity contribution in [3.63, 3.8) is 0 Å². The highest BCUT2D eigenvalue weighted by Gasteiger charge is 2.35. The number of nitro groups is 2. The molecule has 0 atom stereocenters. The minimum Gasteiger partial charge on any atom is -0.450 e. The number of benzene rings is 3. The van der Waals surface area contributed by atoms with Gasteiger partial charge in [-0.2, -0.15) is 0 Å².